The van der Waals surface area contributed by atoms with Gasteiger partial charge < -0.3 is 33.8 Å². The summed E-state index contributed by atoms with van der Waals surface area (Å²) in [7, 11) is -9.93. The van der Waals surface area contributed by atoms with E-state index in [0.29, 0.717) is 25.7 Å². The van der Waals surface area contributed by atoms with Crippen LogP contribution in [0.2, 0.25) is 0 Å². The number of rotatable bonds is 89. The van der Waals surface area contributed by atoms with Gasteiger partial charge in [0, 0.05) is 25.7 Å². The van der Waals surface area contributed by atoms with Crippen LogP contribution in [0.25, 0.3) is 0 Å². The van der Waals surface area contributed by atoms with Crippen molar-refractivity contribution < 1.29 is 80.2 Å². The molecule has 0 heterocycles. The molecular weight excluding hydrogens is 1400 g/mol. The monoisotopic (exact) mass is 1580 g/mol. The molecule has 0 radical (unpaired) electrons. The third-order valence-corrected chi connectivity index (χ3v) is 23.3. The average molecular weight is 1580 g/mol. The van der Waals surface area contributed by atoms with Gasteiger partial charge in [0.25, 0.3) is 0 Å². The average Bonchev–Trinajstić information content (AvgIpc) is 0.903. The molecule has 3 unspecified atom stereocenters. The largest absolute Gasteiger partial charge is 0.472 e. The minimum atomic E-state index is -4.97. The molecule has 19 heteroatoms. The summed E-state index contributed by atoms with van der Waals surface area (Å²) in [6.45, 7) is 7.44. The van der Waals surface area contributed by atoms with E-state index in [1.165, 1.54) is 308 Å². The molecule has 0 bridgehead atoms. The zero-order chi connectivity index (χ0) is 79.0. The third kappa shape index (κ3) is 80.7. The fraction of sp³-hybridized carbons (Fsp3) is 0.955. The lowest BCUT2D eigenvalue weighted by Gasteiger charge is -2.21. The van der Waals surface area contributed by atoms with E-state index >= 15 is 0 Å². The third-order valence-electron chi connectivity index (χ3n) is 21.4. The standard InChI is InChI=1S/C89H174O17P2/c1-6-10-13-16-19-22-25-28-30-32-34-36-38-43-48-53-58-63-68-73-87(92)100-79-85(106-88(93)74-69-64-59-54-49-44-39-37-35-33-31-29-26-23-20-17-14-11-7-2)81-104-108(97,98)102-77-83(90)76-101-107(95,96)103-80-84(78-99-86(91)72-67-62-57-52-47-27-24-21-18-15-12-8-3)105-89(94)75-70-65-60-55-50-45-41-40-42-46-51-56-61-66-71-82(5)9-4/h82-85,90H,6-81H2,1-5H3,(H,95,96)(H,97,98)/t82?,83-,84+,85+/m0/s1. The molecule has 0 fully saturated rings. The smallest absolute Gasteiger partial charge is 0.462 e. The normalized spacial score (nSPS) is 14.0. The molecule has 0 aromatic rings. The highest BCUT2D eigenvalue weighted by Gasteiger charge is 2.31. The molecule has 0 aromatic carbocycles. The van der Waals surface area contributed by atoms with Crippen LogP contribution in [-0.2, 0) is 65.4 Å². The first kappa shape index (κ1) is 106. The van der Waals surface area contributed by atoms with Gasteiger partial charge in [0.15, 0.2) is 12.2 Å². The van der Waals surface area contributed by atoms with Crippen LogP contribution < -0.4 is 0 Å². The van der Waals surface area contributed by atoms with Gasteiger partial charge >= 0.3 is 39.5 Å². The number of hydrogen-bond acceptors (Lipinski definition) is 15. The van der Waals surface area contributed by atoms with Crippen LogP contribution >= 0.6 is 15.6 Å². The number of aliphatic hydroxyl groups excluding tert-OH is 1. The Kier molecular flexibility index (Phi) is 80.2. The number of unbranched alkanes of at least 4 members (excludes halogenated alkanes) is 60. The van der Waals surface area contributed by atoms with E-state index in [2.05, 4.69) is 34.6 Å². The molecule has 108 heavy (non-hydrogen) atoms. The van der Waals surface area contributed by atoms with Crippen molar-refractivity contribution in [2.45, 2.75) is 502 Å². The summed E-state index contributed by atoms with van der Waals surface area (Å²) in [5, 5.41) is 10.7. The number of phosphoric ester groups is 2. The Labute approximate surface area is 664 Å². The Hall–Kier alpha value is -1.94. The Morgan fingerprint density at radius 1 is 0.259 bits per heavy atom. The first-order chi connectivity index (χ1) is 52.6. The number of phosphoric acid groups is 2. The lowest BCUT2D eigenvalue weighted by Crippen LogP contribution is -2.30. The van der Waals surface area contributed by atoms with Crippen molar-refractivity contribution in [2.24, 2.45) is 5.92 Å². The van der Waals surface area contributed by atoms with Gasteiger partial charge in [-0.2, -0.15) is 0 Å². The lowest BCUT2D eigenvalue weighted by molar-refractivity contribution is -0.161. The second-order valence-electron chi connectivity index (χ2n) is 32.2. The van der Waals surface area contributed by atoms with Gasteiger partial charge in [-0.15, -0.1) is 0 Å². The van der Waals surface area contributed by atoms with E-state index in [9.17, 15) is 43.2 Å². The maximum atomic E-state index is 13.2. The minimum absolute atomic E-state index is 0.109. The van der Waals surface area contributed by atoms with Gasteiger partial charge in [0.05, 0.1) is 26.4 Å². The highest BCUT2D eigenvalue weighted by Crippen LogP contribution is 2.45. The zero-order valence-electron chi connectivity index (χ0n) is 71.0. The van der Waals surface area contributed by atoms with E-state index in [1.807, 2.05) is 0 Å². The summed E-state index contributed by atoms with van der Waals surface area (Å²) >= 11 is 0. The van der Waals surface area contributed by atoms with Gasteiger partial charge in [-0.1, -0.05) is 433 Å². The molecule has 0 rings (SSSR count). The van der Waals surface area contributed by atoms with Crippen LogP contribution in [0.5, 0.6) is 0 Å². The summed E-state index contributed by atoms with van der Waals surface area (Å²) in [6, 6.07) is 0. The van der Waals surface area contributed by atoms with Crippen LogP contribution in [-0.4, -0.2) is 96.7 Å². The quantitative estimate of drug-likeness (QED) is 0.0222. The van der Waals surface area contributed by atoms with Crippen molar-refractivity contribution in [3.8, 4) is 0 Å². The molecule has 0 aromatic heterocycles. The molecule has 0 saturated heterocycles. The SMILES string of the molecule is CCCCCCCCCCCCCCCCCCCCCC(=O)OC[C@H](COP(=O)(O)OC[C@@H](O)COP(=O)(O)OC[C@@H](COC(=O)CCCCCCCCCCCCCC)OC(=O)CCCCCCCCCCCCCCCCC(C)CC)OC(=O)CCCCCCCCCCCCCCCCCCCCC. The predicted molar refractivity (Wildman–Crippen MR) is 446 cm³/mol. The summed E-state index contributed by atoms with van der Waals surface area (Å²) in [5.74, 6) is -1.25. The highest BCUT2D eigenvalue weighted by atomic mass is 31.2. The topological polar surface area (TPSA) is 237 Å². The van der Waals surface area contributed by atoms with Crippen LogP contribution in [0.15, 0.2) is 0 Å². The van der Waals surface area contributed by atoms with Crippen LogP contribution in [0.1, 0.15) is 484 Å². The molecule has 642 valence electrons. The molecule has 0 amide bonds. The van der Waals surface area contributed by atoms with Gasteiger partial charge in [0.1, 0.15) is 19.3 Å². The fourth-order valence-electron chi connectivity index (χ4n) is 14.0. The molecule has 6 atom stereocenters. The van der Waals surface area contributed by atoms with Gasteiger partial charge in [-0.05, 0) is 31.6 Å². The van der Waals surface area contributed by atoms with Crippen LogP contribution in [0.4, 0.5) is 0 Å². The van der Waals surface area contributed by atoms with Crippen LogP contribution in [0.3, 0.4) is 0 Å². The van der Waals surface area contributed by atoms with Gasteiger partial charge in [0.2, 0.25) is 0 Å². The maximum absolute atomic E-state index is 13.2. The Balaban J connectivity index is 5.25. The lowest BCUT2D eigenvalue weighted by atomic mass is 9.99. The Bertz CT molecular complexity index is 2050. The van der Waals surface area contributed by atoms with E-state index < -0.39 is 97.5 Å². The fourth-order valence-corrected chi connectivity index (χ4v) is 15.5. The molecule has 3 N–H and O–H groups in total. The highest BCUT2D eigenvalue weighted by molar-refractivity contribution is 7.47. The van der Waals surface area contributed by atoms with Crippen molar-refractivity contribution in [3.05, 3.63) is 0 Å². The van der Waals surface area contributed by atoms with Crippen molar-refractivity contribution in [1.29, 1.82) is 0 Å². The number of aliphatic hydroxyl groups is 1. The van der Waals surface area contributed by atoms with E-state index in [4.69, 9.17) is 37.0 Å². The van der Waals surface area contributed by atoms with Crippen molar-refractivity contribution in [3.63, 3.8) is 0 Å². The molecule has 17 nitrogen and oxygen atoms in total. The second kappa shape index (κ2) is 81.6. The number of ether oxygens (including phenoxy) is 4. The first-order valence-corrected chi connectivity index (χ1v) is 49.2. The van der Waals surface area contributed by atoms with E-state index in [0.717, 1.165) is 95.8 Å². The first-order valence-electron chi connectivity index (χ1n) is 46.2. The van der Waals surface area contributed by atoms with E-state index in [-0.39, 0.29) is 25.7 Å². The van der Waals surface area contributed by atoms with Gasteiger partial charge in [-0.3, -0.25) is 37.3 Å². The Morgan fingerprint density at radius 2 is 0.444 bits per heavy atom. The summed E-state index contributed by atoms with van der Waals surface area (Å²) in [6.07, 6.45) is 76.3. The molecule has 0 aliphatic carbocycles. The van der Waals surface area contributed by atoms with Crippen molar-refractivity contribution in [2.75, 3.05) is 39.6 Å². The summed E-state index contributed by atoms with van der Waals surface area (Å²) in [5.41, 5.74) is 0. The van der Waals surface area contributed by atoms with Crippen molar-refractivity contribution >= 4 is 39.5 Å². The second-order valence-corrected chi connectivity index (χ2v) is 35.1. The van der Waals surface area contributed by atoms with Crippen molar-refractivity contribution in [1.82, 2.24) is 0 Å². The number of hydrogen-bond donors (Lipinski definition) is 3. The van der Waals surface area contributed by atoms with E-state index in [1.54, 1.807) is 0 Å². The molecule has 0 aliphatic rings. The van der Waals surface area contributed by atoms with Gasteiger partial charge in [-0.25, -0.2) is 9.13 Å². The Morgan fingerprint density at radius 3 is 0.657 bits per heavy atom. The summed E-state index contributed by atoms with van der Waals surface area (Å²) < 4.78 is 69.0. The number of carbonyl (C=O) groups is 4. The maximum Gasteiger partial charge on any atom is 0.472 e. The summed E-state index contributed by atoms with van der Waals surface area (Å²) in [4.78, 5) is 73.4. The van der Waals surface area contributed by atoms with Crippen LogP contribution in [0, 0.1) is 5.92 Å². The molecule has 0 aliphatic heterocycles. The minimum Gasteiger partial charge on any atom is -0.462 e. The zero-order valence-corrected chi connectivity index (χ0v) is 72.8. The molecule has 0 saturated carbocycles. The predicted octanol–water partition coefficient (Wildman–Crippen LogP) is 27.5. The molecule has 0 spiro atoms. The number of carbonyl (C=O) groups excluding carboxylic acids is 4. The molecular formula is C89H174O17P2. The number of esters is 4.